The number of thiophene rings is 1. The van der Waals surface area contributed by atoms with Crippen LogP contribution in [0.1, 0.15) is 34.9 Å². The van der Waals surface area contributed by atoms with E-state index in [2.05, 4.69) is 10.5 Å². The van der Waals surface area contributed by atoms with Crippen molar-refractivity contribution in [3.05, 3.63) is 39.4 Å². The van der Waals surface area contributed by atoms with Gasteiger partial charge in [0.1, 0.15) is 5.76 Å². The molecule has 0 saturated heterocycles. The molecular weight excluding hydrogens is 248 g/mol. The first kappa shape index (κ1) is 12.8. The van der Waals surface area contributed by atoms with E-state index in [1.54, 1.807) is 11.3 Å². The van der Waals surface area contributed by atoms with Gasteiger partial charge in [-0.25, -0.2) is 0 Å². The minimum atomic E-state index is -0.00898. The molecule has 0 bridgehead atoms. The third-order valence-corrected chi connectivity index (χ3v) is 3.92. The summed E-state index contributed by atoms with van der Waals surface area (Å²) in [5.41, 5.74) is 1.66. The Morgan fingerprint density at radius 1 is 1.56 bits per heavy atom. The van der Waals surface area contributed by atoms with Gasteiger partial charge in [0, 0.05) is 10.4 Å². The summed E-state index contributed by atoms with van der Waals surface area (Å²) in [5, 5.41) is 8.83. The van der Waals surface area contributed by atoms with Crippen molar-refractivity contribution in [1.29, 1.82) is 0 Å². The second-order valence-electron chi connectivity index (χ2n) is 4.28. The molecule has 2 aromatic rings. The number of hydrogen-bond donors (Lipinski definition) is 1. The molecule has 96 valence electrons. The third-order valence-electron chi connectivity index (χ3n) is 2.87. The number of aromatic nitrogens is 1. The van der Waals surface area contributed by atoms with E-state index in [1.165, 1.54) is 0 Å². The highest BCUT2D eigenvalue weighted by Gasteiger charge is 2.15. The van der Waals surface area contributed by atoms with Gasteiger partial charge in [-0.15, -0.1) is 11.3 Å². The maximum Gasteiger partial charge on any atom is 0.225 e. The van der Waals surface area contributed by atoms with Gasteiger partial charge in [-0.05, 0) is 32.2 Å². The molecule has 5 heteroatoms. The van der Waals surface area contributed by atoms with Crippen LogP contribution in [0, 0.1) is 13.8 Å². The number of nitrogens with one attached hydrogen (secondary N) is 1. The summed E-state index contributed by atoms with van der Waals surface area (Å²) in [6.45, 7) is 5.66. The van der Waals surface area contributed by atoms with Gasteiger partial charge in [0.15, 0.2) is 0 Å². The molecule has 0 radical (unpaired) electrons. The molecule has 2 rings (SSSR count). The van der Waals surface area contributed by atoms with Gasteiger partial charge in [-0.2, -0.15) is 0 Å². The molecule has 1 N–H and O–H groups in total. The predicted molar refractivity (Wildman–Crippen MR) is 70.6 cm³/mol. The van der Waals surface area contributed by atoms with Crippen LogP contribution in [-0.2, 0) is 11.2 Å². The number of rotatable bonds is 4. The lowest BCUT2D eigenvalue weighted by molar-refractivity contribution is -0.121. The van der Waals surface area contributed by atoms with E-state index >= 15 is 0 Å². The Bertz CT molecular complexity index is 512. The fourth-order valence-corrected chi connectivity index (χ4v) is 2.55. The summed E-state index contributed by atoms with van der Waals surface area (Å²) in [5.74, 6) is 0.705. The number of amides is 1. The second-order valence-corrected chi connectivity index (χ2v) is 5.26. The highest BCUT2D eigenvalue weighted by molar-refractivity contribution is 7.10. The van der Waals surface area contributed by atoms with Gasteiger partial charge < -0.3 is 9.84 Å². The highest BCUT2D eigenvalue weighted by Crippen LogP contribution is 2.19. The molecule has 2 heterocycles. The van der Waals surface area contributed by atoms with Crippen molar-refractivity contribution in [3.63, 3.8) is 0 Å². The number of aryl methyl sites for hydroxylation is 2. The summed E-state index contributed by atoms with van der Waals surface area (Å²) in [6.07, 6.45) is 0.316. The fourth-order valence-electron chi connectivity index (χ4n) is 1.82. The number of nitrogens with zero attached hydrogens (tertiary/aromatic N) is 1. The van der Waals surface area contributed by atoms with Crippen molar-refractivity contribution in [2.24, 2.45) is 0 Å². The lowest BCUT2D eigenvalue weighted by Gasteiger charge is -2.11. The second kappa shape index (κ2) is 5.35. The van der Waals surface area contributed by atoms with Crippen molar-refractivity contribution in [2.45, 2.75) is 33.2 Å². The van der Waals surface area contributed by atoms with E-state index in [4.69, 9.17) is 4.52 Å². The van der Waals surface area contributed by atoms with E-state index in [1.807, 2.05) is 38.3 Å². The van der Waals surface area contributed by atoms with Gasteiger partial charge in [-0.3, -0.25) is 4.79 Å². The largest absolute Gasteiger partial charge is 0.361 e. The standard InChI is InChI=1S/C13H16N2O2S/c1-8-11(10(3)17-15-8)7-13(16)14-9(2)12-5-4-6-18-12/h4-6,9H,7H2,1-3H3,(H,14,16)/t9-/m1/s1. The first-order valence-corrected chi connectivity index (χ1v) is 6.70. The van der Waals surface area contributed by atoms with Crippen molar-refractivity contribution < 1.29 is 9.32 Å². The summed E-state index contributed by atoms with van der Waals surface area (Å²) in [4.78, 5) is 13.1. The molecular formula is C13H16N2O2S. The SMILES string of the molecule is Cc1noc(C)c1CC(=O)N[C@H](C)c1cccs1. The maximum absolute atomic E-state index is 11.9. The van der Waals surface area contributed by atoms with Crippen LogP contribution in [-0.4, -0.2) is 11.1 Å². The van der Waals surface area contributed by atoms with E-state index < -0.39 is 0 Å². The summed E-state index contributed by atoms with van der Waals surface area (Å²) < 4.78 is 5.05. The van der Waals surface area contributed by atoms with E-state index in [0.717, 1.165) is 16.1 Å². The highest BCUT2D eigenvalue weighted by atomic mass is 32.1. The van der Waals surface area contributed by atoms with Crippen LogP contribution in [0.2, 0.25) is 0 Å². The molecule has 18 heavy (non-hydrogen) atoms. The molecule has 0 unspecified atom stereocenters. The van der Waals surface area contributed by atoms with Gasteiger partial charge in [0.2, 0.25) is 5.91 Å². The first-order valence-electron chi connectivity index (χ1n) is 5.82. The average Bonchev–Trinajstić information content (AvgIpc) is 2.94. The summed E-state index contributed by atoms with van der Waals surface area (Å²) in [7, 11) is 0. The molecule has 0 aliphatic rings. The van der Waals surface area contributed by atoms with Crippen LogP contribution in [0.25, 0.3) is 0 Å². The van der Waals surface area contributed by atoms with Gasteiger partial charge in [0.25, 0.3) is 0 Å². The Hall–Kier alpha value is -1.62. The van der Waals surface area contributed by atoms with E-state index in [-0.39, 0.29) is 11.9 Å². The van der Waals surface area contributed by atoms with Crippen LogP contribution < -0.4 is 5.32 Å². The Balaban J connectivity index is 1.97. The average molecular weight is 264 g/mol. The molecule has 1 amide bonds. The lowest BCUT2D eigenvalue weighted by Crippen LogP contribution is -2.27. The maximum atomic E-state index is 11.9. The van der Waals surface area contributed by atoms with Crippen LogP contribution in [0.3, 0.4) is 0 Å². The molecule has 0 saturated carbocycles. The Morgan fingerprint density at radius 2 is 2.33 bits per heavy atom. The lowest BCUT2D eigenvalue weighted by atomic mass is 10.1. The molecule has 0 aliphatic carbocycles. The normalized spacial score (nSPS) is 12.4. The van der Waals surface area contributed by atoms with E-state index in [9.17, 15) is 4.79 Å². The monoisotopic (exact) mass is 264 g/mol. The summed E-state index contributed by atoms with van der Waals surface area (Å²) in [6, 6.07) is 4.04. The van der Waals surface area contributed by atoms with Crippen LogP contribution in [0.4, 0.5) is 0 Å². The Labute approximate surface area is 110 Å². The first-order chi connectivity index (χ1) is 8.58. The predicted octanol–water partition coefficient (Wildman–Crippen LogP) is 2.77. The van der Waals surface area contributed by atoms with Crippen molar-refractivity contribution in [1.82, 2.24) is 10.5 Å². The van der Waals surface area contributed by atoms with Crippen molar-refractivity contribution in [3.8, 4) is 0 Å². The van der Waals surface area contributed by atoms with E-state index in [0.29, 0.717) is 12.2 Å². The molecule has 0 fully saturated rings. The summed E-state index contributed by atoms with van der Waals surface area (Å²) >= 11 is 1.64. The number of carbonyl (C=O) groups is 1. The number of hydrogen-bond acceptors (Lipinski definition) is 4. The Kier molecular flexibility index (Phi) is 3.81. The zero-order valence-electron chi connectivity index (χ0n) is 10.7. The molecule has 1 atom stereocenters. The Morgan fingerprint density at radius 3 is 2.89 bits per heavy atom. The minimum absolute atomic E-state index is 0.00898. The number of carbonyl (C=O) groups excluding carboxylic acids is 1. The zero-order valence-corrected chi connectivity index (χ0v) is 11.5. The van der Waals surface area contributed by atoms with Crippen LogP contribution in [0.15, 0.2) is 22.0 Å². The topological polar surface area (TPSA) is 55.1 Å². The smallest absolute Gasteiger partial charge is 0.225 e. The van der Waals surface area contributed by atoms with Crippen molar-refractivity contribution in [2.75, 3.05) is 0 Å². The van der Waals surface area contributed by atoms with Crippen LogP contribution in [0.5, 0.6) is 0 Å². The van der Waals surface area contributed by atoms with Crippen molar-refractivity contribution >= 4 is 17.2 Å². The van der Waals surface area contributed by atoms with Gasteiger partial charge >= 0.3 is 0 Å². The van der Waals surface area contributed by atoms with Crippen LogP contribution >= 0.6 is 11.3 Å². The zero-order chi connectivity index (χ0) is 13.1. The molecule has 0 spiro atoms. The fraction of sp³-hybridized carbons (Fsp3) is 0.385. The molecule has 0 aromatic carbocycles. The minimum Gasteiger partial charge on any atom is -0.361 e. The molecule has 2 aromatic heterocycles. The third kappa shape index (κ3) is 2.79. The molecule has 4 nitrogen and oxygen atoms in total. The van der Waals surface area contributed by atoms with Gasteiger partial charge in [-0.1, -0.05) is 11.2 Å². The molecule has 0 aliphatic heterocycles. The quantitative estimate of drug-likeness (QED) is 0.923. The van der Waals surface area contributed by atoms with Gasteiger partial charge in [0.05, 0.1) is 18.2 Å².